The first-order chi connectivity index (χ1) is 6.77. The molecular formula is C13H17N. The smallest absolute Gasteiger partial charge is 0.0381 e. The summed E-state index contributed by atoms with van der Waals surface area (Å²) in [6.45, 7) is 4.56. The summed E-state index contributed by atoms with van der Waals surface area (Å²) in [7, 11) is 0. The van der Waals surface area contributed by atoms with Gasteiger partial charge in [-0.3, -0.25) is 0 Å². The van der Waals surface area contributed by atoms with Crippen LogP contribution in [0.5, 0.6) is 0 Å². The van der Waals surface area contributed by atoms with Gasteiger partial charge in [-0.1, -0.05) is 38.1 Å². The third-order valence-corrected chi connectivity index (χ3v) is 2.86. The van der Waals surface area contributed by atoms with Gasteiger partial charge >= 0.3 is 0 Å². The normalized spacial score (nSPS) is 20.2. The Morgan fingerprint density at radius 1 is 1.21 bits per heavy atom. The zero-order valence-electron chi connectivity index (χ0n) is 8.83. The SMILES string of the molecule is CC(C)[C@@H]1CC=C1Nc1ccccc1. The molecule has 1 nitrogen and oxygen atoms in total. The molecule has 0 bridgehead atoms. The van der Waals surface area contributed by atoms with Crippen molar-refractivity contribution in [3.8, 4) is 0 Å². The molecule has 1 heteroatoms. The molecule has 1 N–H and O–H groups in total. The highest BCUT2D eigenvalue weighted by Crippen LogP contribution is 2.33. The van der Waals surface area contributed by atoms with Crippen molar-refractivity contribution in [2.24, 2.45) is 11.8 Å². The molecule has 0 fully saturated rings. The van der Waals surface area contributed by atoms with Crippen LogP contribution in [0.4, 0.5) is 5.69 Å². The molecule has 0 aliphatic heterocycles. The largest absolute Gasteiger partial charge is 0.359 e. The van der Waals surface area contributed by atoms with Crippen molar-refractivity contribution in [2.75, 3.05) is 5.32 Å². The van der Waals surface area contributed by atoms with E-state index in [0.29, 0.717) is 0 Å². The number of nitrogens with one attached hydrogen (secondary N) is 1. The van der Waals surface area contributed by atoms with Crippen molar-refractivity contribution in [2.45, 2.75) is 20.3 Å². The number of anilines is 1. The third-order valence-electron chi connectivity index (χ3n) is 2.86. The number of allylic oxidation sites excluding steroid dienone is 2. The van der Waals surface area contributed by atoms with Gasteiger partial charge in [-0.15, -0.1) is 0 Å². The van der Waals surface area contributed by atoms with Gasteiger partial charge in [-0.05, 0) is 24.5 Å². The summed E-state index contributed by atoms with van der Waals surface area (Å²) in [5.41, 5.74) is 2.59. The Kier molecular flexibility index (Phi) is 2.58. The van der Waals surface area contributed by atoms with E-state index in [9.17, 15) is 0 Å². The van der Waals surface area contributed by atoms with Crippen LogP contribution >= 0.6 is 0 Å². The van der Waals surface area contributed by atoms with Crippen molar-refractivity contribution >= 4 is 5.69 Å². The van der Waals surface area contributed by atoms with Crippen LogP contribution in [0.1, 0.15) is 20.3 Å². The van der Waals surface area contributed by atoms with E-state index in [1.54, 1.807) is 0 Å². The lowest BCUT2D eigenvalue weighted by molar-refractivity contribution is 0.413. The highest BCUT2D eigenvalue weighted by atomic mass is 14.9. The van der Waals surface area contributed by atoms with Crippen LogP contribution in [-0.4, -0.2) is 0 Å². The van der Waals surface area contributed by atoms with Crippen LogP contribution < -0.4 is 5.32 Å². The molecule has 14 heavy (non-hydrogen) atoms. The molecule has 0 unspecified atom stereocenters. The van der Waals surface area contributed by atoms with Crippen LogP contribution in [0.3, 0.4) is 0 Å². The molecule has 2 rings (SSSR count). The fraction of sp³-hybridized carbons (Fsp3) is 0.385. The molecule has 1 aromatic carbocycles. The van der Waals surface area contributed by atoms with E-state index in [-0.39, 0.29) is 0 Å². The highest BCUT2D eigenvalue weighted by Gasteiger charge is 2.24. The molecule has 1 aliphatic carbocycles. The molecule has 1 atom stereocenters. The van der Waals surface area contributed by atoms with Crippen LogP contribution in [-0.2, 0) is 0 Å². The molecule has 0 spiro atoms. The minimum atomic E-state index is 0.732. The average molecular weight is 187 g/mol. The van der Waals surface area contributed by atoms with E-state index >= 15 is 0 Å². The second-order valence-corrected chi connectivity index (χ2v) is 4.24. The predicted octanol–water partition coefficient (Wildman–Crippen LogP) is 3.66. The number of hydrogen-bond acceptors (Lipinski definition) is 1. The zero-order valence-corrected chi connectivity index (χ0v) is 8.83. The maximum Gasteiger partial charge on any atom is 0.0381 e. The zero-order chi connectivity index (χ0) is 9.97. The second-order valence-electron chi connectivity index (χ2n) is 4.24. The lowest BCUT2D eigenvalue weighted by Crippen LogP contribution is -2.23. The fourth-order valence-corrected chi connectivity index (χ4v) is 1.83. The Balaban J connectivity index is 2.00. The van der Waals surface area contributed by atoms with Gasteiger partial charge in [0.2, 0.25) is 0 Å². The third kappa shape index (κ3) is 1.82. The maximum absolute atomic E-state index is 3.47. The van der Waals surface area contributed by atoms with Gasteiger partial charge in [-0.25, -0.2) is 0 Å². The van der Waals surface area contributed by atoms with Crippen molar-refractivity contribution in [1.29, 1.82) is 0 Å². The van der Waals surface area contributed by atoms with Crippen LogP contribution in [0.2, 0.25) is 0 Å². The van der Waals surface area contributed by atoms with Gasteiger partial charge in [0.25, 0.3) is 0 Å². The van der Waals surface area contributed by atoms with Crippen LogP contribution in [0.25, 0.3) is 0 Å². The molecule has 1 aliphatic rings. The number of para-hydroxylation sites is 1. The Morgan fingerprint density at radius 2 is 1.93 bits per heavy atom. The summed E-state index contributed by atoms with van der Waals surface area (Å²) in [5, 5.41) is 3.47. The van der Waals surface area contributed by atoms with E-state index in [4.69, 9.17) is 0 Å². The minimum Gasteiger partial charge on any atom is -0.359 e. The quantitative estimate of drug-likeness (QED) is 0.761. The molecule has 0 saturated heterocycles. The van der Waals surface area contributed by atoms with Crippen LogP contribution in [0, 0.1) is 11.8 Å². The second kappa shape index (κ2) is 3.87. The van der Waals surface area contributed by atoms with E-state index in [1.807, 2.05) is 6.07 Å². The lowest BCUT2D eigenvalue weighted by Gasteiger charge is -2.31. The van der Waals surface area contributed by atoms with Gasteiger partial charge in [0.05, 0.1) is 0 Å². The van der Waals surface area contributed by atoms with Crippen molar-refractivity contribution in [1.82, 2.24) is 0 Å². The monoisotopic (exact) mass is 187 g/mol. The number of hydrogen-bond donors (Lipinski definition) is 1. The van der Waals surface area contributed by atoms with E-state index < -0.39 is 0 Å². The Morgan fingerprint density at radius 3 is 2.43 bits per heavy atom. The summed E-state index contributed by atoms with van der Waals surface area (Å²) < 4.78 is 0. The van der Waals surface area contributed by atoms with Gasteiger partial charge in [0, 0.05) is 17.3 Å². The Bertz CT molecular complexity index is 324. The average Bonchev–Trinajstić information content (AvgIpc) is 2.13. The molecule has 0 heterocycles. The lowest BCUT2D eigenvalue weighted by atomic mass is 9.81. The van der Waals surface area contributed by atoms with Crippen molar-refractivity contribution < 1.29 is 0 Å². The predicted molar refractivity (Wildman–Crippen MR) is 61.1 cm³/mol. The summed E-state index contributed by atoms with van der Waals surface area (Å²) in [6.07, 6.45) is 3.52. The summed E-state index contributed by atoms with van der Waals surface area (Å²) >= 11 is 0. The standard InChI is InChI=1S/C13H17N/c1-10(2)12-8-9-13(12)14-11-6-4-3-5-7-11/h3-7,9-10,12,14H,8H2,1-2H3/t12-/m0/s1. The van der Waals surface area contributed by atoms with E-state index in [1.165, 1.54) is 17.8 Å². The molecule has 0 radical (unpaired) electrons. The molecule has 0 saturated carbocycles. The van der Waals surface area contributed by atoms with Gasteiger partial charge in [-0.2, -0.15) is 0 Å². The first-order valence-electron chi connectivity index (χ1n) is 5.29. The van der Waals surface area contributed by atoms with Crippen molar-refractivity contribution in [3.05, 3.63) is 42.1 Å². The fourth-order valence-electron chi connectivity index (χ4n) is 1.83. The molecular weight excluding hydrogens is 170 g/mol. The highest BCUT2D eigenvalue weighted by molar-refractivity contribution is 5.50. The topological polar surface area (TPSA) is 12.0 Å². The number of benzene rings is 1. The Hall–Kier alpha value is -1.24. The summed E-state index contributed by atoms with van der Waals surface area (Å²) in [4.78, 5) is 0. The van der Waals surface area contributed by atoms with Crippen molar-refractivity contribution in [3.63, 3.8) is 0 Å². The first-order valence-corrected chi connectivity index (χ1v) is 5.29. The molecule has 0 amide bonds. The maximum atomic E-state index is 3.47. The molecule has 1 aromatic rings. The van der Waals surface area contributed by atoms with Gasteiger partial charge in [0.1, 0.15) is 0 Å². The van der Waals surface area contributed by atoms with E-state index in [2.05, 4.69) is 49.5 Å². The summed E-state index contributed by atoms with van der Waals surface area (Å²) in [5.74, 6) is 1.47. The van der Waals surface area contributed by atoms with Gasteiger partial charge in [0.15, 0.2) is 0 Å². The number of rotatable bonds is 3. The molecule has 74 valence electrons. The van der Waals surface area contributed by atoms with E-state index in [0.717, 1.165) is 11.8 Å². The minimum absolute atomic E-state index is 0.732. The van der Waals surface area contributed by atoms with Gasteiger partial charge < -0.3 is 5.32 Å². The first kappa shape index (κ1) is 9.32. The Labute approximate surface area is 85.8 Å². The molecule has 0 aromatic heterocycles. The summed E-state index contributed by atoms with van der Waals surface area (Å²) in [6, 6.07) is 10.4. The van der Waals surface area contributed by atoms with Crippen LogP contribution in [0.15, 0.2) is 42.1 Å².